The van der Waals surface area contributed by atoms with Gasteiger partial charge in [-0.15, -0.1) is 0 Å². The van der Waals surface area contributed by atoms with Crippen molar-refractivity contribution in [3.05, 3.63) is 35.4 Å². The molecule has 8 heteroatoms. The zero-order valence-corrected chi connectivity index (χ0v) is 17.4. The molecule has 1 N–H and O–H groups in total. The standard InChI is InChI=1S/C20H27N5O2S/c1-15-13-18(24-7-3-4-8-24)22-20(21-15)28-14-16-5-6-17(27-16)19(26)25-11-9-23(2)10-12-25/h5-6,13H,3-4,7-12,14H2,1-2H3/p+1. The highest BCUT2D eigenvalue weighted by Gasteiger charge is 2.24. The van der Waals surface area contributed by atoms with Gasteiger partial charge in [0.05, 0.1) is 39.0 Å². The lowest BCUT2D eigenvalue weighted by Gasteiger charge is -2.29. The van der Waals surface area contributed by atoms with Crippen LogP contribution in [0.15, 0.2) is 27.8 Å². The summed E-state index contributed by atoms with van der Waals surface area (Å²) in [4.78, 5) is 27.5. The number of rotatable bonds is 5. The Morgan fingerprint density at radius 3 is 2.68 bits per heavy atom. The summed E-state index contributed by atoms with van der Waals surface area (Å²) in [5, 5.41) is 0.758. The SMILES string of the molecule is Cc1cc(N2CCCC2)nc(SCc2ccc(C(=O)N3CC[NH+](C)CC3)o2)n1. The Balaban J connectivity index is 1.37. The lowest BCUT2D eigenvalue weighted by Crippen LogP contribution is -3.12. The number of furan rings is 1. The molecule has 1 amide bonds. The minimum Gasteiger partial charge on any atom is -0.455 e. The molecule has 0 radical (unpaired) electrons. The zero-order chi connectivity index (χ0) is 19.5. The van der Waals surface area contributed by atoms with Gasteiger partial charge in [-0.05, 0) is 31.9 Å². The van der Waals surface area contributed by atoms with Gasteiger partial charge in [0.15, 0.2) is 10.9 Å². The Hall–Kier alpha value is -2.06. The van der Waals surface area contributed by atoms with E-state index in [2.05, 4.69) is 23.0 Å². The summed E-state index contributed by atoms with van der Waals surface area (Å²) in [6.07, 6.45) is 2.45. The van der Waals surface area contributed by atoms with Crippen LogP contribution in [0.4, 0.5) is 5.82 Å². The molecule has 0 unspecified atom stereocenters. The number of quaternary nitrogens is 1. The Morgan fingerprint density at radius 2 is 1.93 bits per heavy atom. The summed E-state index contributed by atoms with van der Waals surface area (Å²) in [5.74, 6) is 2.83. The first kappa shape index (κ1) is 19.3. The Bertz CT molecular complexity index is 826. The van der Waals surface area contributed by atoms with Gasteiger partial charge in [0.1, 0.15) is 11.6 Å². The van der Waals surface area contributed by atoms with Crippen LogP contribution < -0.4 is 9.80 Å². The summed E-state index contributed by atoms with van der Waals surface area (Å²) in [6.45, 7) is 7.68. The number of aromatic nitrogens is 2. The number of aryl methyl sites for hydroxylation is 1. The maximum absolute atomic E-state index is 12.6. The molecule has 0 bridgehead atoms. The number of carbonyl (C=O) groups is 1. The fourth-order valence-corrected chi connectivity index (χ4v) is 4.44. The Kier molecular flexibility index (Phi) is 5.87. The van der Waals surface area contributed by atoms with Crippen LogP contribution in [0.2, 0.25) is 0 Å². The third-order valence-electron chi connectivity index (χ3n) is 5.37. The summed E-state index contributed by atoms with van der Waals surface area (Å²) in [5.41, 5.74) is 0.979. The second-order valence-corrected chi connectivity index (χ2v) is 8.59. The molecule has 28 heavy (non-hydrogen) atoms. The first-order chi connectivity index (χ1) is 13.6. The van der Waals surface area contributed by atoms with Crippen molar-refractivity contribution in [3.8, 4) is 0 Å². The number of hydrogen-bond acceptors (Lipinski definition) is 6. The van der Waals surface area contributed by atoms with E-state index in [1.54, 1.807) is 17.8 Å². The topological polar surface area (TPSA) is 66.9 Å². The average molecular weight is 403 g/mol. The second kappa shape index (κ2) is 8.53. The lowest BCUT2D eigenvalue weighted by molar-refractivity contribution is -0.883. The maximum Gasteiger partial charge on any atom is 0.289 e. The number of piperazine rings is 1. The van der Waals surface area contributed by atoms with Crippen molar-refractivity contribution >= 4 is 23.5 Å². The quantitative estimate of drug-likeness (QED) is 0.600. The fourth-order valence-electron chi connectivity index (χ4n) is 3.65. The molecule has 2 fully saturated rings. The molecule has 0 aromatic carbocycles. The van der Waals surface area contributed by atoms with Gasteiger partial charge in [-0.3, -0.25) is 4.79 Å². The van der Waals surface area contributed by atoms with Crippen LogP contribution >= 0.6 is 11.8 Å². The molecule has 4 heterocycles. The van der Waals surface area contributed by atoms with E-state index in [1.165, 1.54) is 17.7 Å². The van der Waals surface area contributed by atoms with Gasteiger partial charge in [-0.25, -0.2) is 9.97 Å². The third-order valence-corrected chi connectivity index (χ3v) is 6.24. The zero-order valence-electron chi connectivity index (χ0n) is 16.6. The predicted octanol–water partition coefficient (Wildman–Crippen LogP) is 1.24. The van der Waals surface area contributed by atoms with Crippen molar-refractivity contribution in [1.82, 2.24) is 14.9 Å². The predicted molar refractivity (Wildman–Crippen MR) is 109 cm³/mol. The van der Waals surface area contributed by atoms with E-state index >= 15 is 0 Å². The molecule has 2 saturated heterocycles. The number of anilines is 1. The van der Waals surface area contributed by atoms with Crippen LogP contribution in [0.3, 0.4) is 0 Å². The molecule has 2 aliphatic rings. The van der Waals surface area contributed by atoms with Crippen molar-refractivity contribution < 1.29 is 14.1 Å². The molecule has 2 aliphatic heterocycles. The van der Waals surface area contributed by atoms with Crippen LogP contribution in [-0.4, -0.2) is 67.1 Å². The molecule has 0 spiro atoms. The normalized spacial score (nSPS) is 18.1. The smallest absolute Gasteiger partial charge is 0.289 e. The number of hydrogen-bond donors (Lipinski definition) is 1. The number of amides is 1. The monoisotopic (exact) mass is 402 g/mol. The van der Waals surface area contributed by atoms with Crippen molar-refractivity contribution in [2.45, 2.75) is 30.7 Å². The van der Waals surface area contributed by atoms with Gasteiger partial charge in [0.25, 0.3) is 5.91 Å². The molecule has 4 rings (SSSR count). The molecule has 2 aromatic rings. The number of likely N-dealkylation sites (N-methyl/N-ethyl adjacent to an activating group) is 1. The van der Waals surface area contributed by atoms with Crippen LogP contribution in [0.1, 0.15) is 34.9 Å². The van der Waals surface area contributed by atoms with E-state index in [-0.39, 0.29) is 5.91 Å². The summed E-state index contributed by atoms with van der Waals surface area (Å²) >= 11 is 1.55. The molecular weight excluding hydrogens is 374 g/mol. The van der Waals surface area contributed by atoms with E-state index < -0.39 is 0 Å². The van der Waals surface area contributed by atoms with Gasteiger partial charge in [0, 0.05) is 24.8 Å². The van der Waals surface area contributed by atoms with E-state index in [1.807, 2.05) is 17.9 Å². The highest BCUT2D eigenvalue weighted by molar-refractivity contribution is 7.98. The minimum absolute atomic E-state index is 0.00752. The van der Waals surface area contributed by atoms with Crippen LogP contribution in [0.5, 0.6) is 0 Å². The van der Waals surface area contributed by atoms with Gasteiger partial charge in [-0.2, -0.15) is 0 Å². The molecule has 0 saturated carbocycles. The maximum atomic E-state index is 12.6. The Labute approximate surface area is 170 Å². The number of thioether (sulfide) groups is 1. The average Bonchev–Trinajstić information content (AvgIpc) is 3.38. The molecule has 150 valence electrons. The summed E-state index contributed by atoms with van der Waals surface area (Å²) in [6, 6.07) is 5.73. The van der Waals surface area contributed by atoms with Crippen LogP contribution in [0, 0.1) is 6.92 Å². The molecule has 2 aromatic heterocycles. The van der Waals surface area contributed by atoms with E-state index in [4.69, 9.17) is 9.40 Å². The highest BCUT2D eigenvalue weighted by atomic mass is 32.2. The largest absolute Gasteiger partial charge is 0.455 e. The van der Waals surface area contributed by atoms with E-state index in [0.29, 0.717) is 11.5 Å². The molecule has 7 nitrogen and oxygen atoms in total. The minimum atomic E-state index is -0.00752. The van der Waals surface area contributed by atoms with Crippen LogP contribution in [0.25, 0.3) is 0 Å². The van der Waals surface area contributed by atoms with E-state index in [9.17, 15) is 4.79 Å². The third kappa shape index (κ3) is 4.50. The second-order valence-electron chi connectivity index (χ2n) is 7.65. The summed E-state index contributed by atoms with van der Waals surface area (Å²) in [7, 11) is 2.16. The summed E-state index contributed by atoms with van der Waals surface area (Å²) < 4.78 is 5.82. The van der Waals surface area contributed by atoms with E-state index in [0.717, 1.165) is 61.7 Å². The Morgan fingerprint density at radius 1 is 1.18 bits per heavy atom. The number of nitrogens with one attached hydrogen (secondary N) is 1. The molecule has 0 aliphatic carbocycles. The van der Waals surface area contributed by atoms with Crippen molar-refractivity contribution in [3.63, 3.8) is 0 Å². The fraction of sp³-hybridized carbons (Fsp3) is 0.550. The van der Waals surface area contributed by atoms with Crippen molar-refractivity contribution in [2.75, 3.05) is 51.2 Å². The lowest BCUT2D eigenvalue weighted by atomic mass is 10.3. The molecular formula is C20H28N5O2S+. The van der Waals surface area contributed by atoms with Crippen LogP contribution in [-0.2, 0) is 5.75 Å². The number of carbonyl (C=O) groups excluding carboxylic acids is 1. The highest BCUT2D eigenvalue weighted by Crippen LogP contribution is 2.25. The molecule has 0 atom stereocenters. The van der Waals surface area contributed by atoms with Crippen molar-refractivity contribution in [2.24, 2.45) is 0 Å². The van der Waals surface area contributed by atoms with Gasteiger partial charge in [-0.1, -0.05) is 11.8 Å². The van der Waals surface area contributed by atoms with Crippen molar-refractivity contribution in [1.29, 1.82) is 0 Å². The first-order valence-electron chi connectivity index (χ1n) is 10.0. The van der Waals surface area contributed by atoms with Gasteiger partial charge < -0.3 is 19.1 Å². The van der Waals surface area contributed by atoms with Gasteiger partial charge >= 0.3 is 0 Å². The number of nitrogens with zero attached hydrogens (tertiary/aromatic N) is 4. The first-order valence-corrected chi connectivity index (χ1v) is 11.0. The van der Waals surface area contributed by atoms with Gasteiger partial charge in [0.2, 0.25) is 0 Å².